The van der Waals surface area contributed by atoms with Gasteiger partial charge in [0.05, 0.1) is 10.7 Å². The molecule has 3 aromatic rings. The molecule has 29 heavy (non-hydrogen) atoms. The maximum absolute atomic E-state index is 13.1. The van der Waals surface area contributed by atoms with Crippen molar-refractivity contribution >= 4 is 17.2 Å². The van der Waals surface area contributed by atoms with Gasteiger partial charge in [-0.2, -0.15) is 0 Å². The van der Waals surface area contributed by atoms with Crippen molar-refractivity contribution in [1.29, 1.82) is 0 Å². The zero-order valence-corrected chi connectivity index (χ0v) is 17.3. The zero-order chi connectivity index (χ0) is 20.2. The molecule has 2 heterocycles. The monoisotopic (exact) mass is 409 g/mol. The molecule has 0 unspecified atom stereocenters. The highest BCUT2D eigenvalue weighted by molar-refractivity contribution is 7.13. The predicted octanol–water partition coefficient (Wildman–Crippen LogP) is 4.14. The van der Waals surface area contributed by atoms with E-state index in [0.29, 0.717) is 6.42 Å². The number of hydrogen-bond acceptors (Lipinski definition) is 4. The Morgan fingerprint density at radius 1 is 1.00 bits per heavy atom. The number of piperazine rings is 1. The quantitative estimate of drug-likeness (QED) is 0.636. The highest BCUT2D eigenvalue weighted by Crippen LogP contribution is 2.23. The maximum Gasteiger partial charge on any atom is 0.265 e. The van der Waals surface area contributed by atoms with Crippen LogP contribution in [-0.4, -0.2) is 46.9 Å². The van der Waals surface area contributed by atoms with Gasteiger partial charge in [-0.05, 0) is 30.2 Å². The smallest absolute Gasteiger partial charge is 0.265 e. The number of halogens is 1. The van der Waals surface area contributed by atoms with Crippen LogP contribution in [0.5, 0.6) is 0 Å². The lowest BCUT2D eigenvalue weighted by Gasteiger charge is -2.34. The van der Waals surface area contributed by atoms with E-state index in [-0.39, 0.29) is 11.7 Å². The van der Waals surface area contributed by atoms with Crippen LogP contribution in [0.15, 0.2) is 54.6 Å². The summed E-state index contributed by atoms with van der Waals surface area (Å²) in [5, 5.41) is 0.889. The fourth-order valence-corrected chi connectivity index (χ4v) is 4.66. The van der Waals surface area contributed by atoms with E-state index in [1.807, 2.05) is 17.9 Å². The second kappa shape index (κ2) is 8.84. The number of benzene rings is 2. The Morgan fingerprint density at radius 2 is 1.69 bits per heavy atom. The van der Waals surface area contributed by atoms with Gasteiger partial charge in [0.1, 0.15) is 10.7 Å². The molecule has 1 amide bonds. The number of carbonyl (C=O) groups is 1. The molecule has 0 radical (unpaired) electrons. The van der Waals surface area contributed by atoms with Gasteiger partial charge in [-0.1, -0.05) is 42.5 Å². The van der Waals surface area contributed by atoms with Gasteiger partial charge in [0.25, 0.3) is 5.91 Å². The van der Waals surface area contributed by atoms with Gasteiger partial charge >= 0.3 is 0 Å². The molecule has 0 aliphatic carbocycles. The number of aryl methyl sites for hydroxylation is 1. The van der Waals surface area contributed by atoms with Crippen LogP contribution >= 0.6 is 11.3 Å². The van der Waals surface area contributed by atoms with E-state index in [4.69, 9.17) is 0 Å². The third-order valence-electron chi connectivity index (χ3n) is 5.21. The Kier molecular flexibility index (Phi) is 6.02. The minimum atomic E-state index is -0.244. The van der Waals surface area contributed by atoms with Crippen LogP contribution in [0.2, 0.25) is 0 Å². The molecule has 150 valence electrons. The van der Waals surface area contributed by atoms with Crippen molar-refractivity contribution in [2.75, 3.05) is 26.2 Å². The Hall–Kier alpha value is -2.57. The summed E-state index contributed by atoms with van der Waals surface area (Å²) in [6.45, 7) is 6.03. The second-order valence-electron chi connectivity index (χ2n) is 7.38. The minimum absolute atomic E-state index is 0.0738. The fraction of sp³-hybridized carbons (Fsp3) is 0.304. The van der Waals surface area contributed by atoms with Crippen molar-refractivity contribution in [2.24, 2.45) is 0 Å². The van der Waals surface area contributed by atoms with E-state index in [2.05, 4.69) is 34.1 Å². The van der Waals surface area contributed by atoms with Gasteiger partial charge < -0.3 is 4.90 Å². The molecule has 4 rings (SSSR count). The lowest BCUT2D eigenvalue weighted by molar-refractivity contribution is 0.0632. The predicted molar refractivity (Wildman–Crippen MR) is 114 cm³/mol. The van der Waals surface area contributed by atoms with E-state index in [0.717, 1.165) is 53.9 Å². The molecular weight excluding hydrogens is 385 g/mol. The molecule has 1 aliphatic heterocycles. The van der Waals surface area contributed by atoms with E-state index in [9.17, 15) is 9.18 Å². The summed E-state index contributed by atoms with van der Waals surface area (Å²) in [5.74, 6) is -0.170. The number of aromatic nitrogens is 1. The van der Waals surface area contributed by atoms with Crippen LogP contribution in [-0.2, 0) is 13.0 Å². The number of thiazole rings is 1. The Bertz CT molecular complexity index is 964. The first-order chi connectivity index (χ1) is 14.1. The SMILES string of the molecule is Cc1nc(Cc2ccc(F)cc2)sc1C(=O)N1CCN(Cc2ccccc2)CC1. The molecule has 0 bridgehead atoms. The van der Waals surface area contributed by atoms with Gasteiger partial charge in [-0.25, -0.2) is 9.37 Å². The van der Waals surface area contributed by atoms with E-state index in [1.54, 1.807) is 12.1 Å². The first-order valence-corrected chi connectivity index (χ1v) is 10.7. The van der Waals surface area contributed by atoms with Crippen LogP contribution in [0.3, 0.4) is 0 Å². The molecule has 1 fully saturated rings. The number of nitrogens with zero attached hydrogens (tertiary/aromatic N) is 3. The summed E-state index contributed by atoms with van der Waals surface area (Å²) in [6, 6.07) is 16.9. The van der Waals surface area contributed by atoms with Crippen molar-refractivity contribution in [1.82, 2.24) is 14.8 Å². The summed E-state index contributed by atoms with van der Waals surface area (Å²) in [5.41, 5.74) is 3.08. The van der Waals surface area contributed by atoms with Crippen LogP contribution in [0.25, 0.3) is 0 Å². The van der Waals surface area contributed by atoms with Crippen molar-refractivity contribution in [3.63, 3.8) is 0 Å². The standard InChI is InChI=1S/C23H24FN3OS/c1-17-22(29-21(25-17)15-18-7-9-20(24)10-8-18)23(28)27-13-11-26(12-14-27)16-19-5-3-2-4-6-19/h2-10H,11-16H2,1H3. The van der Waals surface area contributed by atoms with Gasteiger partial charge in [-0.15, -0.1) is 11.3 Å². The molecule has 1 saturated heterocycles. The molecule has 0 atom stereocenters. The van der Waals surface area contributed by atoms with Crippen LogP contribution in [0.1, 0.15) is 31.5 Å². The normalized spacial score (nSPS) is 14.9. The molecule has 4 nitrogen and oxygen atoms in total. The molecule has 0 N–H and O–H groups in total. The molecule has 2 aromatic carbocycles. The van der Waals surface area contributed by atoms with Crippen molar-refractivity contribution in [2.45, 2.75) is 19.9 Å². The first-order valence-electron chi connectivity index (χ1n) is 9.85. The molecule has 1 aromatic heterocycles. The molecule has 1 aliphatic rings. The summed E-state index contributed by atoms with van der Waals surface area (Å²) in [6.07, 6.45) is 0.615. The maximum atomic E-state index is 13.1. The van der Waals surface area contributed by atoms with Crippen LogP contribution in [0, 0.1) is 12.7 Å². The van der Waals surface area contributed by atoms with Crippen molar-refractivity contribution in [3.05, 3.63) is 87.1 Å². The molecule has 0 saturated carbocycles. The fourth-order valence-electron chi connectivity index (χ4n) is 3.60. The van der Waals surface area contributed by atoms with Crippen LogP contribution < -0.4 is 0 Å². The number of amides is 1. The summed E-state index contributed by atoms with van der Waals surface area (Å²) < 4.78 is 13.1. The zero-order valence-electron chi connectivity index (χ0n) is 16.5. The topological polar surface area (TPSA) is 36.4 Å². The number of rotatable bonds is 5. The highest BCUT2D eigenvalue weighted by Gasteiger charge is 2.25. The molecule has 6 heteroatoms. The lowest BCUT2D eigenvalue weighted by Crippen LogP contribution is -2.48. The van der Waals surface area contributed by atoms with Crippen molar-refractivity contribution in [3.8, 4) is 0 Å². The highest BCUT2D eigenvalue weighted by atomic mass is 32.1. The molecule has 0 spiro atoms. The van der Waals surface area contributed by atoms with E-state index in [1.165, 1.54) is 29.0 Å². The Morgan fingerprint density at radius 3 is 2.38 bits per heavy atom. The third-order valence-corrected chi connectivity index (χ3v) is 6.36. The summed E-state index contributed by atoms with van der Waals surface area (Å²) in [7, 11) is 0. The minimum Gasteiger partial charge on any atom is -0.335 e. The summed E-state index contributed by atoms with van der Waals surface area (Å²) in [4.78, 5) is 22.6. The van der Waals surface area contributed by atoms with Gasteiger partial charge in [0.15, 0.2) is 0 Å². The largest absolute Gasteiger partial charge is 0.335 e. The third kappa shape index (κ3) is 4.89. The van der Waals surface area contributed by atoms with Gasteiger partial charge in [0, 0.05) is 39.1 Å². The van der Waals surface area contributed by atoms with E-state index >= 15 is 0 Å². The van der Waals surface area contributed by atoms with Gasteiger partial charge in [0.2, 0.25) is 0 Å². The van der Waals surface area contributed by atoms with Gasteiger partial charge in [-0.3, -0.25) is 9.69 Å². The Labute approximate surface area is 174 Å². The first kappa shape index (κ1) is 19.7. The average Bonchev–Trinajstić information content (AvgIpc) is 3.10. The second-order valence-corrected chi connectivity index (χ2v) is 8.46. The molecular formula is C23H24FN3OS. The summed E-state index contributed by atoms with van der Waals surface area (Å²) >= 11 is 1.45. The number of carbonyl (C=O) groups excluding carboxylic acids is 1. The average molecular weight is 410 g/mol. The van der Waals surface area contributed by atoms with Crippen molar-refractivity contribution < 1.29 is 9.18 Å². The van der Waals surface area contributed by atoms with Crippen LogP contribution in [0.4, 0.5) is 4.39 Å². The van der Waals surface area contributed by atoms with E-state index < -0.39 is 0 Å². The number of hydrogen-bond donors (Lipinski definition) is 0. The Balaban J connectivity index is 1.36. The lowest BCUT2D eigenvalue weighted by atomic mass is 10.1.